The van der Waals surface area contributed by atoms with Gasteiger partial charge < -0.3 is 0 Å². The Morgan fingerprint density at radius 2 is 2.20 bits per heavy atom. The molecule has 0 amide bonds. The third kappa shape index (κ3) is 3.18. The molecule has 0 bridgehead atoms. The van der Waals surface area contributed by atoms with Crippen LogP contribution in [0, 0.1) is 10.1 Å². The van der Waals surface area contributed by atoms with Gasteiger partial charge in [-0.3, -0.25) is 14.9 Å². The van der Waals surface area contributed by atoms with Gasteiger partial charge >= 0.3 is 0 Å². The molecule has 15 heavy (non-hydrogen) atoms. The van der Waals surface area contributed by atoms with Gasteiger partial charge in [0.2, 0.25) is 0 Å². The van der Waals surface area contributed by atoms with Gasteiger partial charge in [0.1, 0.15) is 0 Å². The maximum Gasteiger partial charge on any atom is 0.270 e. The van der Waals surface area contributed by atoms with Gasteiger partial charge in [0.15, 0.2) is 5.78 Å². The van der Waals surface area contributed by atoms with Crippen molar-refractivity contribution in [1.82, 2.24) is 0 Å². The van der Waals surface area contributed by atoms with Crippen molar-refractivity contribution in [2.45, 2.75) is 6.92 Å². The van der Waals surface area contributed by atoms with Gasteiger partial charge in [0, 0.05) is 17.2 Å². The number of ketones is 1. The second kappa shape index (κ2) is 4.70. The molecule has 0 saturated heterocycles. The first kappa shape index (κ1) is 11.4. The molecule has 1 aromatic rings. The summed E-state index contributed by atoms with van der Waals surface area (Å²) in [5, 5.41) is 10.8. The molecule has 1 aromatic carbocycles. The molecule has 0 aromatic heterocycles. The van der Waals surface area contributed by atoms with E-state index in [1.54, 1.807) is 0 Å². The van der Waals surface area contributed by atoms with E-state index < -0.39 is 4.92 Å². The second-order valence-electron chi connectivity index (χ2n) is 2.91. The van der Waals surface area contributed by atoms with Gasteiger partial charge in [0.05, 0.1) is 4.92 Å². The number of nitro benzene ring substituents is 1. The number of allylic oxidation sites excluding steroid dienone is 1. The van der Waals surface area contributed by atoms with E-state index in [4.69, 9.17) is 11.6 Å². The van der Waals surface area contributed by atoms with E-state index >= 15 is 0 Å². The van der Waals surface area contributed by atoms with Crippen LogP contribution in [-0.4, -0.2) is 10.7 Å². The van der Waals surface area contributed by atoms with Gasteiger partial charge in [0.25, 0.3) is 5.69 Å². The Morgan fingerprint density at radius 1 is 1.53 bits per heavy atom. The summed E-state index contributed by atoms with van der Waals surface area (Å²) in [6.45, 7) is 1.39. The Balaban J connectivity index is 3.11. The molecule has 0 fully saturated rings. The maximum atomic E-state index is 10.7. The molecule has 0 unspecified atom stereocenters. The van der Waals surface area contributed by atoms with Crippen molar-refractivity contribution < 1.29 is 9.72 Å². The molecule has 0 heterocycles. The highest BCUT2D eigenvalue weighted by atomic mass is 35.5. The Hall–Kier alpha value is -1.68. The summed E-state index contributed by atoms with van der Waals surface area (Å²) < 4.78 is 0. The summed E-state index contributed by atoms with van der Waals surface area (Å²) in [7, 11) is 0. The van der Waals surface area contributed by atoms with E-state index in [-0.39, 0.29) is 11.5 Å². The van der Waals surface area contributed by atoms with Gasteiger partial charge in [-0.15, -0.1) is 0 Å². The van der Waals surface area contributed by atoms with Crippen molar-refractivity contribution in [1.29, 1.82) is 0 Å². The van der Waals surface area contributed by atoms with E-state index in [1.807, 2.05) is 0 Å². The molecule has 78 valence electrons. The first-order chi connectivity index (χ1) is 7.00. The van der Waals surface area contributed by atoms with E-state index in [0.717, 1.165) is 0 Å². The molecule has 0 aliphatic carbocycles. The van der Waals surface area contributed by atoms with Crippen LogP contribution in [0.5, 0.6) is 0 Å². The Kier molecular flexibility index (Phi) is 3.57. The number of carbonyl (C=O) groups is 1. The van der Waals surface area contributed by atoms with Crippen molar-refractivity contribution in [3.05, 3.63) is 45.0 Å². The second-order valence-corrected chi connectivity index (χ2v) is 3.31. The van der Waals surface area contributed by atoms with E-state index in [1.165, 1.54) is 37.3 Å². The average Bonchev–Trinajstić information content (AvgIpc) is 2.16. The zero-order valence-electron chi connectivity index (χ0n) is 7.94. The fourth-order valence-corrected chi connectivity index (χ4v) is 1.16. The number of hydrogen-bond donors (Lipinski definition) is 0. The number of non-ortho nitro benzene ring substituents is 1. The molecule has 0 radical (unpaired) electrons. The monoisotopic (exact) mass is 225 g/mol. The lowest BCUT2D eigenvalue weighted by Crippen LogP contribution is -1.89. The minimum Gasteiger partial charge on any atom is -0.295 e. The summed E-state index contributed by atoms with van der Waals surface area (Å²) in [4.78, 5) is 20.6. The fourth-order valence-electron chi connectivity index (χ4n) is 0.980. The van der Waals surface area contributed by atoms with Gasteiger partial charge in [-0.2, -0.15) is 0 Å². The van der Waals surface area contributed by atoms with Crippen molar-refractivity contribution >= 4 is 29.1 Å². The molecule has 1 rings (SSSR count). The van der Waals surface area contributed by atoms with Crippen molar-refractivity contribution in [2.75, 3.05) is 0 Å². The molecule has 0 aliphatic rings. The van der Waals surface area contributed by atoms with Crippen LogP contribution in [0.2, 0.25) is 5.02 Å². The SMILES string of the molecule is CC(=O)C=Cc1cc([N+](=O)[O-])ccc1Cl. The van der Waals surface area contributed by atoms with Crippen LogP contribution < -0.4 is 0 Å². The zero-order chi connectivity index (χ0) is 11.4. The predicted octanol–water partition coefficient (Wildman–Crippen LogP) is 2.85. The third-order valence-corrected chi connectivity index (χ3v) is 2.03. The zero-order valence-corrected chi connectivity index (χ0v) is 8.69. The number of hydrogen-bond acceptors (Lipinski definition) is 3. The Labute approximate surface area is 91.3 Å². The van der Waals surface area contributed by atoms with Crippen LogP contribution in [-0.2, 0) is 4.79 Å². The lowest BCUT2D eigenvalue weighted by molar-refractivity contribution is -0.384. The first-order valence-corrected chi connectivity index (χ1v) is 4.51. The summed E-state index contributed by atoms with van der Waals surface area (Å²) in [5.74, 6) is -0.141. The molecule has 0 atom stereocenters. The maximum absolute atomic E-state index is 10.7. The van der Waals surface area contributed by atoms with Crippen molar-refractivity contribution in [3.8, 4) is 0 Å². The standard InChI is InChI=1S/C10H8ClNO3/c1-7(13)2-3-8-6-9(12(14)15)4-5-10(8)11/h2-6H,1H3. The minimum atomic E-state index is -0.512. The average molecular weight is 226 g/mol. The fraction of sp³-hybridized carbons (Fsp3) is 0.100. The molecule has 0 N–H and O–H groups in total. The number of rotatable bonds is 3. The number of nitro groups is 1. The number of nitrogens with zero attached hydrogens (tertiary/aromatic N) is 1. The predicted molar refractivity (Wildman–Crippen MR) is 57.8 cm³/mol. The van der Waals surface area contributed by atoms with Gasteiger partial charge in [-0.05, 0) is 30.7 Å². The summed E-state index contributed by atoms with van der Waals surface area (Å²) in [6.07, 6.45) is 2.77. The first-order valence-electron chi connectivity index (χ1n) is 4.13. The van der Waals surface area contributed by atoms with Gasteiger partial charge in [-0.1, -0.05) is 11.6 Å². The number of benzene rings is 1. The Morgan fingerprint density at radius 3 is 2.73 bits per heavy atom. The van der Waals surface area contributed by atoms with E-state index in [2.05, 4.69) is 0 Å². The molecule has 4 nitrogen and oxygen atoms in total. The molecular formula is C10H8ClNO3. The molecular weight excluding hydrogens is 218 g/mol. The van der Waals surface area contributed by atoms with Crippen molar-refractivity contribution in [2.24, 2.45) is 0 Å². The lowest BCUT2D eigenvalue weighted by Gasteiger charge is -1.97. The molecule has 0 saturated carbocycles. The smallest absolute Gasteiger partial charge is 0.270 e. The summed E-state index contributed by atoms with van der Waals surface area (Å²) in [6, 6.07) is 4.06. The van der Waals surface area contributed by atoms with Gasteiger partial charge in [-0.25, -0.2) is 0 Å². The highest BCUT2D eigenvalue weighted by molar-refractivity contribution is 6.32. The van der Waals surface area contributed by atoms with Crippen LogP contribution in [0.15, 0.2) is 24.3 Å². The van der Waals surface area contributed by atoms with Crippen LogP contribution in [0.4, 0.5) is 5.69 Å². The summed E-state index contributed by atoms with van der Waals surface area (Å²) >= 11 is 5.80. The highest BCUT2D eigenvalue weighted by Gasteiger charge is 2.07. The third-order valence-electron chi connectivity index (χ3n) is 1.69. The van der Waals surface area contributed by atoms with Crippen LogP contribution in [0.25, 0.3) is 6.08 Å². The van der Waals surface area contributed by atoms with Crippen LogP contribution >= 0.6 is 11.6 Å². The molecule has 0 aliphatic heterocycles. The van der Waals surface area contributed by atoms with E-state index in [0.29, 0.717) is 10.6 Å². The highest BCUT2D eigenvalue weighted by Crippen LogP contribution is 2.23. The minimum absolute atomic E-state index is 0.0531. The van der Waals surface area contributed by atoms with E-state index in [9.17, 15) is 14.9 Å². The largest absolute Gasteiger partial charge is 0.295 e. The summed E-state index contributed by atoms with van der Waals surface area (Å²) in [5.41, 5.74) is 0.406. The normalized spacial score (nSPS) is 10.5. The molecule has 5 heteroatoms. The lowest BCUT2D eigenvalue weighted by atomic mass is 10.2. The Bertz CT molecular complexity index is 440. The number of halogens is 1. The topological polar surface area (TPSA) is 60.2 Å². The quantitative estimate of drug-likeness (QED) is 0.451. The number of carbonyl (C=O) groups excluding carboxylic acids is 1. The molecule has 0 spiro atoms. The van der Waals surface area contributed by atoms with Crippen LogP contribution in [0.1, 0.15) is 12.5 Å². The van der Waals surface area contributed by atoms with Crippen molar-refractivity contribution in [3.63, 3.8) is 0 Å². The van der Waals surface area contributed by atoms with Crippen LogP contribution in [0.3, 0.4) is 0 Å².